The van der Waals surface area contributed by atoms with Crippen LogP contribution in [0.15, 0.2) is 42.5 Å². The molecule has 0 radical (unpaired) electrons. The number of amides is 2. The molecule has 31 heavy (non-hydrogen) atoms. The Labute approximate surface area is 180 Å². The van der Waals surface area contributed by atoms with Crippen molar-refractivity contribution in [2.75, 3.05) is 13.2 Å². The van der Waals surface area contributed by atoms with E-state index in [2.05, 4.69) is 6.07 Å². The van der Waals surface area contributed by atoms with Crippen molar-refractivity contribution in [2.24, 2.45) is 11.8 Å². The zero-order valence-corrected chi connectivity index (χ0v) is 17.1. The van der Waals surface area contributed by atoms with Gasteiger partial charge in [0.15, 0.2) is 12.4 Å². The Morgan fingerprint density at radius 2 is 1.58 bits per heavy atom. The number of ketones is 1. The van der Waals surface area contributed by atoms with Crippen LogP contribution in [0.4, 0.5) is 0 Å². The van der Waals surface area contributed by atoms with Crippen molar-refractivity contribution < 1.29 is 23.9 Å². The Balaban J connectivity index is 1.21. The number of esters is 1. The summed E-state index contributed by atoms with van der Waals surface area (Å²) in [4.78, 5) is 50.9. The summed E-state index contributed by atoms with van der Waals surface area (Å²) in [6.45, 7) is -0.835. The van der Waals surface area contributed by atoms with Gasteiger partial charge in [-0.25, -0.2) is 0 Å². The lowest BCUT2D eigenvalue weighted by atomic mass is 9.81. The molecule has 5 rings (SSSR count). The molecule has 0 spiro atoms. The predicted molar refractivity (Wildman–Crippen MR) is 112 cm³/mol. The van der Waals surface area contributed by atoms with Gasteiger partial charge in [-0.05, 0) is 47.6 Å². The van der Waals surface area contributed by atoms with Crippen molar-refractivity contribution in [3.63, 3.8) is 0 Å². The SMILES string of the molecule is O=C(CN1C(=O)[C@H]2CCCC[C@@H]2C1=O)OCC(=O)c1ccc2c(c1)-c1ccccc1C2. The van der Waals surface area contributed by atoms with E-state index in [9.17, 15) is 19.2 Å². The average Bonchev–Trinajstić information content (AvgIpc) is 3.28. The third-order valence-corrected chi connectivity index (χ3v) is 6.70. The molecule has 0 aromatic heterocycles. The lowest BCUT2D eigenvalue weighted by Crippen LogP contribution is -2.37. The van der Waals surface area contributed by atoms with Crippen molar-refractivity contribution in [3.8, 4) is 11.1 Å². The van der Waals surface area contributed by atoms with E-state index in [1.54, 1.807) is 6.07 Å². The van der Waals surface area contributed by atoms with E-state index in [4.69, 9.17) is 4.74 Å². The first-order valence-electron chi connectivity index (χ1n) is 10.8. The van der Waals surface area contributed by atoms with Gasteiger partial charge in [-0.3, -0.25) is 24.1 Å². The largest absolute Gasteiger partial charge is 0.456 e. The van der Waals surface area contributed by atoms with Gasteiger partial charge in [0.1, 0.15) is 6.54 Å². The van der Waals surface area contributed by atoms with Crippen LogP contribution in [-0.4, -0.2) is 41.6 Å². The first-order chi connectivity index (χ1) is 15.0. The van der Waals surface area contributed by atoms with E-state index < -0.39 is 19.1 Å². The van der Waals surface area contributed by atoms with Gasteiger partial charge < -0.3 is 4.74 Å². The molecule has 1 saturated heterocycles. The number of hydrogen-bond donors (Lipinski definition) is 0. The predicted octanol–water partition coefficient (Wildman–Crippen LogP) is 3.16. The standard InChI is InChI=1S/C25H23NO5/c27-22(17-10-9-16-11-15-5-1-2-6-18(15)21(16)12-17)14-31-23(28)13-26-24(29)19-7-3-4-8-20(19)25(26)30/h1-2,5-6,9-10,12,19-20H,3-4,7-8,11,13-14H2/t19-,20-/m0/s1. The Morgan fingerprint density at radius 1 is 0.903 bits per heavy atom. The minimum absolute atomic E-state index is 0.282. The average molecular weight is 417 g/mol. The maximum atomic E-state index is 12.6. The first-order valence-corrected chi connectivity index (χ1v) is 10.8. The third-order valence-electron chi connectivity index (χ3n) is 6.70. The number of fused-ring (bicyclic) bond motifs is 4. The molecular weight excluding hydrogens is 394 g/mol. The van der Waals surface area contributed by atoms with Crippen LogP contribution in [0.3, 0.4) is 0 Å². The summed E-state index contributed by atoms with van der Waals surface area (Å²) < 4.78 is 5.12. The zero-order chi connectivity index (χ0) is 21.5. The van der Waals surface area contributed by atoms with E-state index in [1.807, 2.05) is 30.3 Å². The van der Waals surface area contributed by atoms with E-state index in [1.165, 1.54) is 11.1 Å². The van der Waals surface area contributed by atoms with E-state index >= 15 is 0 Å². The van der Waals surface area contributed by atoms with Gasteiger partial charge in [0.25, 0.3) is 0 Å². The van der Waals surface area contributed by atoms with Gasteiger partial charge in [-0.2, -0.15) is 0 Å². The van der Waals surface area contributed by atoms with Crippen LogP contribution in [0.2, 0.25) is 0 Å². The van der Waals surface area contributed by atoms with Crippen molar-refractivity contribution in [3.05, 3.63) is 59.2 Å². The highest BCUT2D eigenvalue weighted by Gasteiger charge is 2.48. The molecule has 2 aliphatic carbocycles. The third kappa shape index (κ3) is 3.46. The number of imide groups is 1. The molecule has 2 aromatic carbocycles. The molecule has 1 aliphatic heterocycles. The molecule has 0 unspecified atom stereocenters. The number of likely N-dealkylation sites (tertiary alicyclic amines) is 1. The fourth-order valence-corrected chi connectivity index (χ4v) is 5.09. The van der Waals surface area contributed by atoms with Gasteiger partial charge in [-0.15, -0.1) is 0 Å². The highest BCUT2D eigenvalue weighted by atomic mass is 16.5. The normalized spacial score (nSPS) is 21.5. The van der Waals surface area contributed by atoms with Crippen LogP contribution < -0.4 is 0 Å². The number of rotatable bonds is 5. The maximum Gasteiger partial charge on any atom is 0.326 e. The number of hydrogen-bond acceptors (Lipinski definition) is 5. The van der Waals surface area contributed by atoms with Crippen molar-refractivity contribution in [1.29, 1.82) is 0 Å². The molecule has 0 N–H and O–H groups in total. The Bertz CT molecular complexity index is 1080. The number of Topliss-reactive ketones (excluding diaryl/α,β-unsaturated/α-hetero) is 1. The van der Waals surface area contributed by atoms with E-state index in [0.717, 1.165) is 35.3 Å². The van der Waals surface area contributed by atoms with Gasteiger partial charge >= 0.3 is 5.97 Å². The Morgan fingerprint density at radius 3 is 2.32 bits per heavy atom. The van der Waals surface area contributed by atoms with Gasteiger partial charge in [-0.1, -0.05) is 49.2 Å². The number of benzene rings is 2. The van der Waals surface area contributed by atoms with Crippen molar-refractivity contribution >= 4 is 23.6 Å². The molecule has 2 fully saturated rings. The Kier molecular flexibility index (Phi) is 4.93. The second kappa shape index (κ2) is 7.76. The molecule has 2 aromatic rings. The van der Waals surface area contributed by atoms with Gasteiger partial charge in [0.2, 0.25) is 11.8 Å². The van der Waals surface area contributed by atoms with Gasteiger partial charge in [0, 0.05) is 5.56 Å². The summed E-state index contributed by atoms with van der Waals surface area (Å²) >= 11 is 0. The highest BCUT2D eigenvalue weighted by Crippen LogP contribution is 2.38. The molecule has 1 heterocycles. The maximum absolute atomic E-state index is 12.6. The Hall–Kier alpha value is -3.28. The van der Waals surface area contributed by atoms with Crippen LogP contribution >= 0.6 is 0 Å². The fourth-order valence-electron chi connectivity index (χ4n) is 5.09. The zero-order valence-electron chi connectivity index (χ0n) is 17.1. The molecular formula is C25H23NO5. The summed E-state index contributed by atoms with van der Waals surface area (Å²) in [5.41, 5.74) is 5.03. The lowest BCUT2D eigenvalue weighted by molar-refractivity contribution is -0.152. The smallest absolute Gasteiger partial charge is 0.326 e. The molecule has 6 heteroatoms. The summed E-state index contributed by atoms with van der Waals surface area (Å²) in [5, 5.41) is 0. The quantitative estimate of drug-likeness (QED) is 0.362. The van der Waals surface area contributed by atoms with Crippen LogP contribution in [0, 0.1) is 11.8 Å². The fraction of sp³-hybridized carbons (Fsp3) is 0.360. The van der Waals surface area contributed by atoms with Crippen molar-refractivity contribution in [1.82, 2.24) is 4.90 Å². The number of nitrogens with zero attached hydrogens (tertiary/aromatic N) is 1. The van der Waals surface area contributed by atoms with E-state index in [0.29, 0.717) is 18.4 Å². The molecule has 1 saturated carbocycles. The van der Waals surface area contributed by atoms with Crippen LogP contribution in [0.5, 0.6) is 0 Å². The second-order valence-electron chi connectivity index (χ2n) is 8.55. The molecule has 2 amide bonds. The summed E-state index contributed by atoms with van der Waals surface area (Å²) in [5.74, 6) is -2.21. The topological polar surface area (TPSA) is 80.8 Å². The monoisotopic (exact) mass is 417 g/mol. The van der Waals surface area contributed by atoms with Crippen LogP contribution in [-0.2, 0) is 25.5 Å². The first kappa shape index (κ1) is 19.7. The molecule has 6 nitrogen and oxygen atoms in total. The van der Waals surface area contributed by atoms with Gasteiger partial charge in [0.05, 0.1) is 11.8 Å². The highest BCUT2D eigenvalue weighted by molar-refractivity contribution is 6.07. The molecule has 0 bridgehead atoms. The second-order valence-corrected chi connectivity index (χ2v) is 8.55. The lowest BCUT2D eigenvalue weighted by Gasteiger charge is -2.19. The number of carbonyl (C=O) groups excluding carboxylic acids is 4. The summed E-state index contributed by atoms with van der Waals surface area (Å²) in [6.07, 6.45) is 4.09. The molecule has 158 valence electrons. The van der Waals surface area contributed by atoms with E-state index in [-0.39, 0.29) is 29.4 Å². The number of carbonyl (C=O) groups is 4. The summed E-state index contributed by atoms with van der Waals surface area (Å²) in [6, 6.07) is 13.6. The van der Waals surface area contributed by atoms with Crippen molar-refractivity contribution in [2.45, 2.75) is 32.1 Å². The minimum Gasteiger partial charge on any atom is -0.456 e. The summed E-state index contributed by atoms with van der Waals surface area (Å²) in [7, 11) is 0. The van der Waals surface area contributed by atoms with Crippen LogP contribution in [0.25, 0.3) is 11.1 Å². The number of ether oxygens (including phenoxy) is 1. The molecule has 3 aliphatic rings. The minimum atomic E-state index is -0.736. The molecule has 2 atom stereocenters. The van der Waals surface area contributed by atoms with Crippen LogP contribution in [0.1, 0.15) is 47.2 Å².